The Morgan fingerprint density at radius 1 is 0.750 bits per heavy atom. The van der Waals surface area contributed by atoms with Crippen molar-refractivity contribution in [2.75, 3.05) is 33.2 Å². The van der Waals surface area contributed by atoms with Crippen LogP contribution in [-0.4, -0.2) is 64.8 Å². The zero-order valence-corrected chi connectivity index (χ0v) is 18.5. The molecule has 0 unspecified atom stereocenters. The topological polar surface area (TPSA) is 182 Å². The van der Waals surface area contributed by atoms with Crippen LogP contribution in [0.25, 0.3) is 0 Å². The molecule has 0 saturated carbocycles. The summed E-state index contributed by atoms with van der Waals surface area (Å²) in [6.45, 7) is 0.184. The molecular weight excluding hydrogens is 466 g/mol. The molecule has 32 heavy (non-hydrogen) atoms. The van der Waals surface area contributed by atoms with E-state index in [0.29, 0.717) is 0 Å². The number of nitrogens with one attached hydrogen (secondary N) is 2. The number of rotatable bonds is 12. The summed E-state index contributed by atoms with van der Waals surface area (Å²) in [4.78, 5) is 21.2. The highest BCUT2D eigenvalue weighted by atomic mass is 32.2. The molecule has 0 amide bonds. The SMILES string of the molecule is CN(CCNS(=O)(=O)c1ccccc1[N+](=O)[O-])CCNS(=O)(=O)c1ccccc1[N+](=O)[O-]. The molecule has 2 aromatic carbocycles. The van der Waals surface area contributed by atoms with Gasteiger partial charge in [0.2, 0.25) is 20.0 Å². The van der Waals surface area contributed by atoms with Gasteiger partial charge in [0.1, 0.15) is 0 Å². The Kier molecular flexibility index (Phi) is 8.34. The molecule has 13 nitrogen and oxygen atoms in total. The molecule has 2 rings (SSSR count). The molecule has 15 heteroatoms. The molecule has 0 radical (unpaired) electrons. The van der Waals surface area contributed by atoms with Crippen LogP contribution < -0.4 is 9.44 Å². The Labute approximate surface area is 184 Å². The molecule has 174 valence electrons. The van der Waals surface area contributed by atoms with Crippen molar-refractivity contribution in [3.63, 3.8) is 0 Å². The number of hydrogen-bond donors (Lipinski definition) is 2. The number of para-hydroxylation sites is 2. The van der Waals surface area contributed by atoms with Gasteiger partial charge in [0.15, 0.2) is 9.79 Å². The maximum absolute atomic E-state index is 12.3. The largest absolute Gasteiger partial charge is 0.304 e. The lowest BCUT2D eigenvalue weighted by Gasteiger charge is -2.17. The van der Waals surface area contributed by atoms with Gasteiger partial charge in [0.05, 0.1) is 9.85 Å². The normalized spacial score (nSPS) is 12.1. The van der Waals surface area contributed by atoms with Crippen LogP contribution in [0.3, 0.4) is 0 Å². The molecule has 0 atom stereocenters. The van der Waals surface area contributed by atoms with Crippen molar-refractivity contribution in [3.8, 4) is 0 Å². The van der Waals surface area contributed by atoms with Gasteiger partial charge in [-0.15, -0.1) is 0 Å². The Morgan fingerprint density at radius 2 is 1.09 bits per heavy atom. The van der Waals surface area contributed by atoms with Crippen LogP contribution in [0.4, 0.5) is 11.4 Å². The summed E-state index contributed by atoms with van der Waals surface area (Å²) >= 11 is 0. The standard InChI is InChI=1S/C17H21N5O8S2/c1-20(12-10-18-31(27,28)16-8-4-2-6-14(16)21(23)24)13-11-19-32(29,30)17-9-5-3-7-15(17)22(25)26/h2-9,18-19H,10-13H2,1H3. The number of hydrogen-bond acceptors (Lipinski definition) is 9. The van der Waals surface area contributed by atoms with E-state index in [9.17, 15) is 37.1 Å². The van der Waals surface area contributed by atoms with Crippen LogP contribution in [0.5, 0.6) is 0 Å². The highest BCUT2D eigenvalue weighted by Crippen LogP contribution is 2.23. The van der Waals surface area contributed by atoms with Gasteiger partial charge in [0, 0.05) is 38.3 Å². The van der Waals surface area contributed by atoms with Gasteiger partial charge < -0.3 is 4.90 Å². The Morgan fingerprint density at radius 3 is 1.44 bits per heavy atom. The maximum atomic E-state index is 12.3. The van der Waals surface area contributed by atoms with Crippen molar-refractivity contribution in [1.82, 2.24) is 14.3 Å². The van der Waals surface area contributed by atoms with Crippen LogP contribution in [0.1, 0.15) is 0 Å². The number of sulfonamides is 2. The Hall–Kier alpha value is -2.98. The summed E-state index contributed by atoms with van der Waals surface area (Å²) in [7, 11) is -6.63. The lowest BCUT2D eigenvalue weighted by molar-refractivity contribution is -0.388. The summed E-state index contributed by atoms with van der Waals surface area (Å²) in [6.07, 6.45) is 0. The summed E-state index contributed by atoms with van der Waals surface area (Å²) in [5, 5.41) is 22.0. The van der Waals surface area contributed by atoms with Crippen LogP contribution in [0.15, 0.2) is 58.3 Å². The summed E-state index contributed by atoms with van der Waals surface area (Å²) in [6, 6.07) is 9.89. The lowest BCUT2D eigenvalue weighted by atomic mass is 10.3. The van der Waals surface area contributed by atoms with E-state index in [4.69, 9.17) is 0 Å². The molecule has 0 aliphatic rings. The van der Waals surface area contributed by atoms with E-state index in [1.807, 2.05) is 0 Å². The van der Waals surface area contributed by atoms with Crippen molar-refractivity contribution in [3.05, 3.63) is 68.8 Å². The second-order valence-corrected chi connectivity index (χ2v) is 10.0. The van der Waals surface area contributed by atoms with E-state index in [-0.39, 0.29) is 26.2 Å². The Balaban J connectivity index is 1.89. The summed E-state index contributed by atoms with van der Waals surface area (Å²) in [5.41, 5.74) is -1.09. The van der Waals surface area contributed by atoms with E-state index in [2.05, 4.69) is 9.44 Å². The lowest BCUT2D eigenvalue weighted by Crippen LogP contribution is -2.37. The van der Waals surface area contributed by atoms with Gasteiger partial charge in [-0.25, -0.2) is 26.3 Å². The van der Waals surface area contributed by atoms with Crippen LogP contribution >= 0.6 is 0 Å². The molecule has 0 aliphatic carbocycles. The van der Waals surface area contributed by atoms with Gasteiger partial charge >= 0.3 is 0 Å². The third-order valence-corrected chi connectivity index (χ3v) is 7.29. The van der Waals surface area contributed by atoms with Crippen molar-refractivity contribution in [2.45, 2.75) is 9.79 Å². The third kappa shape index (κ3) is 6.51. The molecular formula is C17H21N5O8S2. The van der Waals surface area contributed by atoms with E-state index >= 15 is 0 Å². The average molecular weight is 488 g/mol. The van der Waals surface area contributed by atoms with E-state index in [1.165, 1.54) is 24.3 Å². The summed E-state index contributed by atoms with van der Waals surface area (Å²) in [5.74, 6) is 0. The molecule has 0 saturated heterocycles. The molecule has 0 aliphatic heterocycles. The third-order valence-electron chi connectivity index (χ3n) is 4.27. The van der Waals surface area contributed by atoms with Crippen LogP contribution in [-0.2, 0) is 20.0 Å². The zero-order chi connectivity index (χ0) is 23.9. The molecule has 0 heterocycles. The molecule has 2 N–H and O–H groups in total. The monoisotopic (exact) mass is 487 g/mol. The first-order chi connectivity index (χ1) is 15.0. The van der Waals surface area contributed by atoms with E-state index < -0.39 is 51.1 Å². The first-order valence-electron chi connectivity index (χ1n) is 9.10. The fourth-order valence-electron chi connectivity index (χ4n) is 2.68. The molecule has 0 bridgehead atoms. The number of nitrogens with zero attached hydrogens (tertiary/aromatic N) is 3. The van der Waals surface area contributed by atoms with Gasteiger partial charge in [-0.3, -0.25) is 20.2 Å². The molecule has 0 spiro atoms. The molecule has 0 aromatic heterocycles. The van der Waals surface area contributed by atoms with Crippen LogP contribution in [0.2, 0.25) is 0 Å². The zero-order valence-electron chi connectivity index (χ0n) is 16.9. The van der Waals surface area contributed by atoms with E-state index in [1.54, 1.807) is 11.9 Å². The minimum atomic E-state index is -4.12. The first-order valence-corrected chi connectivity index (χ1v) is 12.1. The highest BCUT2D eigenvalue weighted by Gasteiger charge is 2.26. The van der Waals surface area contributed by atoms with Crippen LogP contribution in [0, 0.1) is 20.2 Å². The van der Waals surface area contributed by atoms with Crippen molar-refractivity contribution >= 4 is 31.4 Å². The molecule has 0 fully saturated rings. The fraction of sp³-hybridized carbons (Fsp3) is 0.294. The number of benzene rings is 2. The number of nitro groups is 2. The second kappa shape index (κ2) is 10.6. The van der Waals surface area contributed by atoms with Gasteiger partial charge in [-0.05, 0) is 19.2 Å². The molecule has 2 aromatic rings. The van der Waals surface area contributed by atoms with Crippen molar-refractivity contribution in [1.29, 1.82) is 0 Å². The van der Waals surface area contributed by atoms with Crippen molar-refractivity contribution < 1.29 is 26.7 Å². The minimum absolute atomic E-state index is 0.0816. The average Bonchev–Trinajstić information content (AvgIpc) is 2.73. The minimum Gasteiger partial charge on any atom is -0.304 e. The predicted octanol–water partition coefficient (Wildman–Crippen LogP) is 0.692. The highest BCUT2D eigenvalue weighted by molar-refractivity contribution is 7.90. The Bertz CT molecular complexity index is 1110. The smallest absolute Gasteiger partial charge is 0.289 e. The maximum Gasteiger partial charge on any atom is 0.289 e. The fourth-order valence-corrected chi connectivity index (χ4v) is 5.06. The number of likely N-dealkylation sites (N-methyl/N-ethyl adjacent to an activating group) is 1. The van der Waals surface area contributed by atoms with Gasteiger partial charge in [-0.1, -0.05) is 24.3 Å². The quantitative estimate of drug-likeness (QED) is 0.321. The second-order valence-electron chi connectivity index (χ2n) is 6.55. The number of nitro benzene ring substituents is 2. The predicted molar refractivity (Wildman–Crippen MR) is 114 cm³/mol. The first kappa shape index (κ1) is 25.3. The van der Waals surface area contributed by atoms with E-state index in [0.717, 1.165) is 24.3 Å². The summed E-state index contributed by atoms with van der Waals surface area (Å²) < 4.78 is 53.9. The van der Waals surface area contributed by atoms with Gasteiger partial charge in [-0.2, -0.15) is 0 Å². The van der Waals surface area contributed by atoms with Crippen molar-refractivity contribution in [2.24, 2.45) is 0 Å². The van der Waals surface area contributed by atoms with Gasteiger partial charge in [0.25, 0.3) is 11.4 Å².